The molecule has 1 aliphatic heterocycles. The van der Waals surface area contributed by atoms with E-state index in [0.29, 0.717) is 6.04 Å². The maximum Gasteiger partial charge on any atom is 0.131 e. The first-order chi connectivity index (χ1) is 11.8. The van der Waals surface area contributed by atoms with Gasteiger partial charge in [-0.25, -0.2) is 9.97 Å². The molecule has 0 amide bonds. The Morgan fingerprint density at radius 3 is 2.50 bits per heavy atom. The van der Waals surface area contributed by atoms with Crippen LogP contribution in [0.2, 0.25) is 0 Å². The average Bonchev–Trinajstić information content (AvgIpc) is 2.63. The summed E-state index contributed by atoms with van der Waals surface area (Å²) in [5.74, 6) is 1.69. The van der Waals surface area contributed by atoms with E-state index in [1.54, 1.807) is 6.33 Å². The largest absolute Gasteiger partial charge is 0.369 e. The van der Waals surface area contributed by atoms with Crippen LogP contribution in [-0.4, -0.2) is 47.1 Å². The summed E-state index contributed by atoms with van der Waals surface area (Å²) in [6.45, 7) is 4.84. The molecule has 1 saturated heterocycles. The highest BCUT2D eigenvalue weighted by Crippen LogP contribution is 2.11. The number of hydrogen-bond donors (Lipinski definition) is 3. The van der Waals surface area contributed by atoms with Gasteiger partial charge in [0.1, 0.15) is 18.0 Å². The number of nitrogens with one attached hydrogen (secondary N) is 2. The second-order valence-corrected chi connectivity index (χ2v) is 6.23. The molecule has 0 radical (unpaired) electrons. The summed E-state index contributed by atoms with van der Waals surface area (Å²) in [5.41, 5.74) is 7.17. The number of nitrogens with zero attached hydrogens (tertiary/aromatic N) is 3. The van der Waals surface area contributed by atoms with Crippen molar-refractivity contribution >= 4 is 11.6 Å². The van der Waals surface area contributed by atoms with Gasteiger partial charge in [-0.1, -0.05) is 30.3 Å². The Hall–Kier alpha value is -2.18. The second kappa shape index (κ2) is 8.61. The van der Waals surface area contributed by atoms with Crippen molar-refractivity contribution in [3.63, 3.8) is 0 Å². The molecule has 0 aliphatic carbocycles. The summed E-state index contributed by atoms with van der Waals surface area (Å²) in [6, 6.07) is 12.6. The first kappa shape index (κ1) is 16.7. The lowest BCUT2D eigenvalue weighted by Gasteiger charge is -2.30. The summed E-state index contributed by atoms with van der Waals surface area (Å²) >= 11 is 0. The first-order valence-electron chi connectivity index (χ1n) is 8.61. The number of aromatic nitrogens is 2. The molecule has 1 aromatic carbocycles. The summed E-state index contributed by atoms with van der Waals surface area (Å²) in [6.07, 6.45) is 3.79. The third-order valence-corrected chi connectivity index (χ3v) is 4.35. The van der Waals surface area contributed by atoms with E-state index in [0.717, 1.165) is 57.2 Å². The van der Waals surface area contributed by atoms with Gasteiger partial charge in [-0.2, -0.15) is 0 Å². The molecule has 6 nitrogen and oxygen atoms in total. The fourth-order valence-electron chi connectivity index (χ4n) is 2.86. The van der Waals surface area contributed by atoms with Crippen LogP contribution in [0.25, 0.3) is 0 Å². The van der Waals surface area contributed by atoms with Gasteiger partial charge in [-0.15, -0.1) is 0 Å². The Labute approximate surface area is 143 Å². The van der Waals surface area contributed by atoms with E-state index in [1.165, 1.54) is 5.56 Å². The Bertz CT molecular complexity index is 610. The van der Waals surface area contributed by atoms with Crippen molar-refractivity contribution in [2.24, 2.45) is 5.73 Å². The lowest BCUT2D eigenvalue weighted by Crippen LogP contribution is -2.41. The molecule has 2 aromatic rings. The predicted molar refractivity (Wildman–Crippen MR) is 97.9 cm³/mol. The molecule has 4 N–H and O–H groups in total. The molecule has 6 heteroatoms. The third kappa shape index (κ3) is 5.18. The quantitative estimate of drug-likeness (QED) is 0.721. The summed E-state index contributed by atoms with van der Waals surface area (Å²) in [7, 11) is 0. The number of rotatable bonds is 7. The fourth-order valence-corrected chi connectivity index (χ4v) is 2.86. The summed E-state index contributed by atoms with van der Waals surface area (Å²) < 4.78 is 0. The van der Waals surface area contributed by atoms with Crippen LogP contribution in [0.1, 0.15) is 18.4 Å². The maximum atomic E-state index is 5.94. The molecule has 0 unspecified atom stereocenters. The van der Waals surface area contributed by atoms with Gasteiger partial charge in [0.05, 0.1) is 0 Å². The predicted octanol–water partition coefficient (Wildman–Crippen LogP) is 1.92. The normalized spacial score (nSPS) is 16.0. The van der Waals surface area contributed by atoms with Gasteiger partial charge in [0.25, 0.3) is 0 Å². The van der Waals surface area contributed by atoms with Crippen LogP contribution in [0.5, 0.6) is 0 Å². The number of benzene rings is 1. The molecular formula is C18H26N6. The molecule has 24 heavy (non-hydrogen) atoms. The van der Waals surface area contributed by atoms with E-state index in [4.69, 9.17) is 5.73 Å². The van der Waals surface area contributed by atoms with Gasteiger partial charge in [0.2, 0.25) is 0 Å². The van der Waals surface area contributed by atoms with E-state index in [1.807, 2.05) is 24.3 Å². The van der Waals surface area contributed by atoms with Crippen molar-refractivity contribution in [3.05, 3.63) is 48.3 Å². The third-order valence-electron chi connectivity index (χ3n) is 4.35. The van der Waals surface area contributed by atoms with E-state index in [9.17, 15) is 0 Å². The standard InChI is InChI=1S/C18H26N6/c19-16-6-9-24(10-7-16)11-8-20-17-12-18(23-14-22-17)21-13-15-4-2-1-3-5-15/h1-5,12,14,16H,6-11,13,19H2,(H2,20,21,22,23). The Kier molecular flexibility index (Phi) is 5.98. The molecule has 0 saturated carbocycles. The summed E-state index contributed by atoms with van der Waals surface area (Å²) in [4.78, 5) is 11.0. The molecule has 0 atom stereocenters. The zero-order valence-corrected chi connectivity index (χ0v) is 14.0. The van der Waals surface area contributed by atoms with Crippen molar-refractivity contribution in [3.8, 4) is 0 Å². The van der Waals surface area contributed by atoms with Gasteiger partial charge in [-0.3, -0.25) is 0 Å². The number of piperidine rings is 1. The van der Waals surface area contributed by atoms with Gasteiger partial charge in [-0.05, 0) is 31.5 Å². The van der Waals surface area contributed by atoms with Crippen molar-refractivity contribution in [2.75, 3.05) is 36.8 Å². The molecule has 2 heterocycles. The zero-order chi connectivity index (χ0) is 16.6. The zero-order valence-electron chi connectivity index (χ0n) is 14.0. The Morgan fingerprint density at radius 1 is 1.04 bits per heavy atom. The van der Waals surface area contributed by atoms with Crippen molar-refractivity contribution in [1.82, 2.24) is 14.9 Å². The van der Waals surface area contributed by atoms with Crippen molar-refractivity contribution < 1.29 is 0 Å². The van der Waals surface area contributed by atoms with E-state index in [-0.39, 0.29) is 0 Å². The van der Waals surface area contributed by atoms with Gasteiger partial charge < -0.3 is 21.3 Å². The van der Waals surface area contributed by atoms with E-state index >= 15 is 0 Å². The fraction of sp³-hybridized carbons (Fsp3) is 0.444. The average molecular weight is 326 g/mol. The molecule has 0 spiro atoms. The molecule has 1 aromatic heterocycles. The highest BCUT2D eigenvalue weighted by Gasteiger charge is 2.15. The van der Waals surface area contributed by atoms with Crippen LogP contribution < -0.4 is 16.4 Å². The van der Waals surface area contributed by atoms with Gasteiger partial charge in [0, 0.05) is 31.7 Å². The minimum absolute atomic E-state index is 0.384. The maximum absolute atomic E-state index is 5.94. The number of likely N-dealkylation sites (tertiary alicyclic amines) is 1. The smallest absolute Gasteiger partial charge is 0.131 e. The van der Waals surface area contributed by atoms with Crippen molar-refractivity contribution in [2.45, 2.75) is 25.4 Å². The highest BCUT2D eigenvalue weighted by molar-refractivity contribution is 5.46. The van der Waals surface area contributed by atoms with E-state index in [2.05, 4.69) is 37.6 Å². The van der Waals surface area contributed by atoms with Crippen LogP contribution >= 0.6 is 0 Å². The van der Waals surface area contributed by atoms with Crippen LogP contribution in [-0.2, 0) is 6.54 Å². The number of nitrogens with two attached hydrogens (primary N) is 1. The lowest BCUT2D eigenvalue weighted by atomic mass is 10.1. The van der Waals surface area contributed by atoms with Crippen LogP contribution in [0, 0.1) is 0 Å². The number of hydrogen-bond acceptors (Lipinski definition) is 6. The molecule has 1 fully saturated rings. The first-order valence-corrected chi connectivity index (χ1v) is 8.61. The monoisotopic (exact) mass is 326 g/mol. The SMILES string of the molecule is NC1CCN(CCNc2cc(NCc3ccccc3)ncn2)CC1. The van der Waals surface area contributed by atoms with Crippen molar-refractivity contribution in [1.29, 1.82) is 0 Å². The molecule has 0 bridgehead atoms. The Balaban J connectivity index is 1.43. The van der Waals surface area contributed by atoms with Crippen LogP contribution in [0.3, 0.4) is 0 Å². The summed E-state index contributed by atoms with van der Waals surface area (Å²) in [5, 5.41) is 6.71. The second-order valence-electron chi connectivity index (χ2n) is 6.23. The van der Waals surface area contributed by atoms with Crippen LogP contribution in [0.15, 0.2) is 42.7 Å². The van der Waals surface area contributed by atoms with E-state index < -0.39 is 0 Å². The molecule has 128 valence electrons. The lowest BCUT2D eigenvalue weighted by molar-refractivity contribution is 0.220. The molecule has 1 aliphatic rings. The molecule has 3 rings (SSSR count). The minimum atomic E-state index is 0.384. The highest BCUT2D eigenvalue weighted by atomic mass is 15.2. The Morgan fingerprint density at radius 2 is 1.75 bits per heavy atom. The number of anilines is 2. The minimum Gasteiger partial charge on any atom is -0.369 e. The molecular weight excluding hydrogens is 300 g/mol. The van der Waals surface area contributed by atoms with Gasteiger partial charge in [0.15, 0.2) is 0 Å². The van der Waals surface area contributed by atoms with Gasteiger partial charge >= 0.3 is 0 Å². The van der Waals surface area contributed by atoms with Crippen LogP contribution in [0.4, 0.5) is 11.6 Å². The topological polar surface area (TPSA) is 79.1 Å².